The van der Waals surface area contributed by atoms with Crippen LogP contribution in [0.1, 0.15) is 37.7 Å². The van der Waals surface area contributed by atoms with Crippen molar-refractivity contribution in [1.82, 2.24) is 5.32 Å². The van der Waals surface area contributed by atoms with Gasteiger partial charge in [-0.2, -0.15) is 0 Å². The van der Waals surface area contributed by atoms with Gasteiger partial charge in [0.25, 0.3) is 0 Å². The molecular formula is C15H21NO. The van der Waals surface area contributed by atoms with E-state index in [9.17, 15) is 0 Å². The molecule has 0 amide bonds. The maximum atomic E-state index is 5.86. The van der Waals surface area contributed by atoms with E-state index in [4.69, 9.17) is 4.74 Å². The minimum Gasteiger partial charge on any atom is -0.490 e. The zero-order valence-electron chi connectivity index (χ0n) is 10.5. The molecule has 3 rings (SSSR count). The molecule has 1 saturated carbocycles. The third-order valence-corrected chi connectivity index (χ3v) is 3.73. The SMILES string of the molecule is CC1CNCC(c2cccc(OC3CC3)c2)C1. The van der Waals surface area contributed by atoms with Crippen molar-refractivity contribution in [3.63, 3.8) is 0 Å². The third kappa shape index (κ3) is 2.81. The summed E-state index contributed by atoms with van der Waals surface area (Å²) in [6.45, 7) is 4.59. The summed E-state index contributed by atoms with van der Waals surface area (Å²) in [6, 6.07) is 8.70. The highest BCUT2D eigenvalue weighted by Crippen LogP contribution is 2.31. The summed E-state index contributed by atoms with van der Waals surface area (Å²) in [6.07, 6.45) is 4.24. The fraction of sp³-hybridized carbons (Fsp3) is 0.600. The Morgan fingerprint density at radius 2 is 2.12 bits per heavy atom. The first kappa shape index (κ1) is 11.1. The Morgan fingerprint density at radius 1 is 1.24 bits per heavy atom. The molecule has 1 aromatic carbocycles. The van der Waals surface area contributed by atoms with Gasteiger partial charge in [0.15, 0.2) is 0 Å². The molecule has 1 aliphatic heterocycles. The van der Waals surface area contributed by atoms with E-state index < -0.39 is 0 Å². The Bertz CT molecular complexity index is 386. The van der Waals surface area contributed by atoms with Gasteiger partial charge < -0.3 is 10.1 Å². The molecule has 0 bridgehead atoms. The van der Waals surface area contributed by atoms with Crippen molar-refractivity contribution in [2.24, 2.45) is 5.92 Å². The molecule has 2 unspecified atom stereocenters. The monoisotopic (exact) mass is 231 g/mol. The van der Waals surface area contributed by atoms with Crippen molar-refractivity contribution in [2.45, 2.75) is 38.2 Å². The topological polar surface area (TPSA) is 21.3 Å². The smallest absolute Gasteiger partial charge is 0.120 e. The zero-order chi connectivity index (χ0) is 11.7. The van der Waals surface area contributed by atoms with Gasteiger partial charge in [-0.05, 0) is 55.3 Å². The molecule has 1 saturated heterocycles. The van der Waals surface area contributed by atoms with Crippen LogP contribution in [-0.4, -0.2) is 19.2 Å². The van der Waals surface area contributed by atoms with Crippen LogP contribution in [-0.2, 0) is 0 Å². The van der Waals surface area contributed by atoms with E-state index >= 15 is 0 Å². The Morgan fingerprint density at radius 3 is 2.88 bits per heavy atom. The lowest BCUT2D eigenvalue weighted by molar-refractivity contribution is 0.301. The van der Waals surface area contributed by atoms with Gasteiger partial charge in [-0.15, -0.1) is 0 Å². The number of benzene rings is 1. The average molecular weight is 231 g/mol. The highest BCUT2D eigenvalue weighted by molar-refractivity contribution is 5.32. The van der Waals surface area contributed by atoms with Crippen molar-refractivity contribution in [3.05, 3.63) is 29.8 Å². The van der Waals surface area contributed by atoms with Crippen molar-refractivity contribution >= 4 is 0 Å². The molecule has 2 heteroatoms. The summed E-state index contributed by atoms with van der Waals surface area (Å²) >= 11 is 0. The van der Waals surface area contributed by atoms with E-state index in [1.165, 1.54) is 24.8 Å². The number of hydrogen-bond donors (Lipinski definition) is 1. The molecule has 0 aromatic heterocycles. The highest BCUT2D eigenvalue weighted by atomic mass is 16.5. The number of hydrogen-bond acceptors (Lipinski definition) is 2. The van der Waals surface area contributed by atoms with E-state index in [1.54, 1.807) is 0 Å². The first-order valence-electron chi connectivity index (χ1n) is 6.78. The molecule has 1 aliphatic carbocycles. The Hall–Kier alpha value is -1.02. The molecule has 2 atom stereocenters. The van der Waals surface area contributed by atoms with Crippen LogP contribution in [0.2, 0.25) is 0 Å². The Kier molecular flexibility index (Phi) is 3.06. The van der Waals surface area contributed by atoms with Gasteiger partial charge in [0.05, 0.1) is 6.10 Å². The maximum Gasteiger partial charge on any atom is 0.120 e. The summed E-state index contributed by atoms with van der Waals surface area (Å²) in [5.74, 6) is 2.49. The van der Waals surface area contributed by atoms with Gasteiger partial charge in [-0.25, -0.2) is 0 Å². The van der Waals surface area contributed by atoms with Crippen molar-refractivity contribution in [1.29, 1.82) is 0 Å². The summed E-state index contributed by atoms with van der Waals surface area (Å²) < 4.78 is 5.86. The Balaban J connectivity index is 1.72. The summed E-state index contributed by atoms with van der Waals surface area (Å²) in [4.78, 5) is 0. The van der Waals surface area contributed by atoms with Crippen LogP contribution in [0.3, 0.4) is 0 Å². The Labute approximate surface area is 103 Å². The molecule has 2 fully saturated rings. The second-order valence-electron chi connectivity index (χ2n) is 5.59. The van der Waals surface area contributed by atoms with Crippen molar-refractivity contribution in [3.8, 4) is 5.75 Å². The molecule has 2 nitrogen and oxygen atoms in total. The van der Waals surface area contributed by atoms with Gasteiger partial charge in [-0.3, -0.25) is 0 Å². The molecule has 0 spiro atoms. The van der Waals surface area contributed by atoms with Gasteiger partial charge in [0.2, 0.25) is 0 Å². The van der Waals surface area contributed by atoms with E-state index in [2.05, 4.69) is 36.5 Å². The molecular weight excluding hydrogens is 210 g/mol. The summed E-state index contributed by atoms with van der Waals surface area (Å²) in [7, 11) is 0. The molecule has 2 aliphatic rings. The second kappa shape index (κ2) is 4.69. The largest absolute Gasteiger partial charge is 0.490 e. The van der Waals surface area contributed by atoms with Crippen molar-refractivity contribution < 1.29 is 4.74 Å². The molecule has 17 heavy (non-hydrogen) atoms. The number of nitrogens with one attached hydrogen (secondary N) is 1. The maximum absolute atomic E-state index is 5.86. The van der Waals surface area contributed by atoms with Gasteiger partial charge in [0.1, 0.15) is 5.75 Å². The molecule has 92 valence electrons. The summed E-state index contributed by atoms with van der Waals surface area (Å²) in [5, 5.41) is 3.51. The van der Waals surface area contributed by atoms with Gasteiger partial charge in [0, 0.05) is 6.54 Å². The summed E-state index contributed by atoms with van der Waals surface area (Å²) in [5.41, 5.74) is 1.43. The number of ether oxygens (including phenoxy) is 1. The van der Waals surface area contributed by atoms with Crippen LogP contribution in [0.15, 0.2) is 24.3 Å². The normalized spacial score (nSPS) is 29.0. The minimum atomic E-state index is 0.494. The third-order valence-electron chi connectivity index (χ3n) is 3.73. The van der Waals surface area contributed by atoms with Crippen molar-refractivity contribution in [2.75, 3.05) is 13.1 Å². The fourth-order valence-corrected chi connectivity index (χ4v) is 2.63. The predicted molar refractivity (Wildman–Crippen MR) is 69.5 cm³/mol. The minimum absolute atomic E-state index is 0.494. The first-order valence-corrected chi connectivity index (χ1v) is 6.78. The van der Waals surface area contributed by atoms with Gasteiger partial charge >= 0.3 is 0 Å². The van der Waals surface area contributed by atoms with Crippen LogP contribution < -0.4 is 10.1 Å². The predicted octanol–water partition coefficient (Wildman–Crippen LogP) is 2.94. The molecule has 1 heterocycles. The molecule has 0 radical (unpaired) electrons. The van der Waals surface area contributed by atoms with E-state index in [0.29, 0.717) is 12.0 Å². The van der Waals surface area contributed by atoms with E-state index in [-0.39, 0.29) is 0 Å². The lowest BCUT2D eigenvalue weighted by Crippen LogP contribution is -2.33. The van der Waals surface area contributed by atoms with Crippen LogP contribution in [0, 0.1) is 5.92 Å². The number of piperidine rings is 1. The lowest BCUT2D eigenvalue weighted by atomic mass is 9.86. The van der Waals surface area contributed by atoms with E-state index in [1.807, 2.05) is 0 Å². The zero-order valence-corrected chi connectivity index (χ0v) is 10.5. The number of rotatable bonds is 3. The molecule has 1 N–H and O–H groups in total. The van der Waals surface area contributed by atoms with Crippen LogP contribution >= 0.6 is 0 Å². The highest BCUT2D eigenvalue weighted by Gasteiger charge is 2.24. The fourth-order valence-electron chi connectivity index (χ4n) is 2.63. The average Bonchev–Trinajstić information content (AvgIpc) is 3.13. The second-order valence-corrected chi connectivity index (χ2v) is 5.59. The standard InChI is InChI=1S/C15H21NO/c1-11-7-13(10-16-9-11)12-3-2-4-15(8-12)17-14-5-6-14/h2-4,8,11,13-14,16H,5-7,9-10H2,1H3. The van der Waals surface area contributed by atoms with Crippen LogP contribution in [0.4, 0.5) is 0 Å². The quantitative estimate of drug-likeness (QED) is 0.863. The first-order chi connectivity index (χ1) is 8.31. The lowest BCUT2D eigenvalue weighted by Gasteiger charge is -2.28. The van der Waals surface area contributed by atoms with Crippen LogP contribution in [0.5, 0.6) is 5.75 Å². The molecule has 1 aromatic rings. The van der Waals surface area contributed by atoms with Crippen LogP contribution in [0.25, 0.3) is 0 Å². The van der Waals surface area contributed by atoms with Gasteiger partial charge in [-0.1, -0.05) is 19.1 Å². The van der Waals surface area contributed by atoms with E-state index in [0.717, 1.165) is 24.8 Å².